The number of pyridine rings is 1. The predicted octanol–water partition coefficient (Wildman–Crippen LogP) is 4.40. The number of fused-ring (bicyclic) bond motifs is 1. The summed E-state index contributed by atoms with van der Waals surface area (Å²) in [6.07, 6.45) is -1.61. The van der Waals surface area contributed by atoms with Gasteiger partial charge in [0.15, 0.2) is 0 Å². The number of hydrogen-bond acceptors (Lipinski definition) is 2. The average Bonchev–Trinajstić information content (AvgIpc) is 3.19. The van der Waals surface area contributed by atoms with Gasteiger partial charge in [0.25, 0.3) is 11.5 Å². The summed E-state index contributed by atoms with van der Waals surface area (Å²) in [5, 5.41) is 2.82. The highest BCUT2D eigenvalue weighted by atomic mass is 19.4. The largest absolute Gasteiger partial charge is 0.431 e. The molecule has 1 amide bonds. The summed E-state index contributed by atoms with van der Waals surface area (Å²) in [4.78, 5) is 26.7. The number of aromatic nitrogens is 1. The van der Waals surface area contributed by atoms with E-state index in [4.69, 9.17) is 0 Å². The molecule has 0 bridgehead atoms. The van der Waals surface area contributed by atoms with Crippen LogP contribution in [0.25, 0.3) is 0 Å². The summed E-state index contributed by atoms with van der Waals surface area (Å²) in [6, 6.07) is 16.4. The molecule has 0 aliphatic heterocycles. The van der Waals surface area contributed by atoms with Crippen molar-refractivity contribution >= 4 is 5.91 Å². The zero-order valence-corrected chi connectivity index (χ0v) is 15.9. The van der Waals surface area contributed by atoms with Crippen molar-refractivity contribution in [3.8, 4) is 0 Å². The van der Waals surface area contributed by atoms with Crippen LogP contribution in [0.15, 0.2) is 65.5 Å². The van der Waals surface area contributed by atoms with Crippen molar-refractivity contribution in [1.29, 1.82) is 0 Å². The topological polar surface area (TPSA) is 62.0 Å². The molecule has 0 saturated heterocycles. The Hall–Kier alpha value is -3.35. The van der Waals surface area contributed by atoms with E-state index in [9.17, 15) is 22.8 Å². The molecule has 1 atom stereocenters. The number of aromatic amines is 1. The number of carbonyl (C=O) groups is 1. The highest BCUT2D eigenvalue weighted by Crippen LogP contribution is 2.29. The Morgan fingerprint density at radius 3 is 2.37 bits per heavy atom. The lowest BCUT2D eigenvalue weighted by Crippen LogP contribution is -2.34. The van der Waals surface area contributed by atoms with Crippen LogP contribution < -0.4 is 10.9 Å². The van der Waals surface area contributed by atoms with Gasteiger partial charge in [-0.25, -0.2) is 0 Å². The molecule has 3 aromatic rings. The standard InChI is InChI=1S/C23H19F3N2O2/c24-23(25,26)19-12-11-18(21(29)27-19)22(30)28-20(15-5-2-1-3-6-15)17-10-9-14-7-4-8-16(14)13-17/h1-3,5-6,9-13,20H,4,7-8H2,(H,27,29)(H,28,30). The van der Waals surface area contributed by atoms with Crippen molar-refractivity contribution in [2.24, 2.45) is 0 Å². The number of halogens is 3. The smallest absolute Gasteiger partial charge is 0.341 e. The van der Waals surface area contributed by atoms with E-state index in [0.717, 1.165) is 36.5 Å². The Labute approximate surface area is 170 Å². The van der Waals surface area contributed by atoms with Gasteiger partial charge in [-0.05, 0) is 53.6 Å². The Bertz CT molecular complexity index is 1140. The molecule has 1 aliphatic carbocycles. The van der Waals surface area contributed by atoms with Gasteiger partial charge < -0.3 is 10.3 Å². The SMILES string of the molecule is O=C(NC(c1ccccc1)c1ccc2c(c1)CCC2)c1ccc(C(F)(F)F)[nH]c1=O. The molecule has 7 heteroatoms. The molecule has 0 fully saturated rings. The van der Waals surface area contributed by atoms with Crippen molar-refractivity contribution in [2.45, 2.75) is 31.5 Å². The maximum atomic E-state index is 12.8. The third kappa shape index (κ3) is 4.01. The molecule has 0 spiro atoms. The zero-order chi connectivity index (χ0) is 21.3. The van der Waals surface area contributed by atoms with Gasteiger partial charge in [-0.2, -0.15) is 13.2 Å². The van der Waals surface area contributed by atoms with Crippen LogP contribution in [0.4, 0.5) is 13.2 Å². The van der Waals surface area contributed by atoms with Crippen molar-refractivity contribution in [3.63, 3.8) is 0 Å². The monoisotopic (exact) mass is 412 g/mol. The maximum absolute atomic E-state index is 12.8. The lowest BCUT2D eigenvalue weighted by Gasteiger charge is -2.21. The quantitative estimate of drug-likeness (QED) is 0.667. The van der Waals surface area contributed by atoms with Crippen LogP contribution >= 0.6 is 0 Å². The third-order valence-corrected chi connectivity index (χ3v) is 5.32. The van der Waals surface area contributed by atoms with Gasteiger partial charge in [0.2, 0.25) is 0 Å². The molecule has 2 aromatic carbocycles. The number of H-pyrrole nitrogens is 1. The number of alkyl halides is 3. The molecule has 1 unspecified atom stereocenters. The van der Waals surface area contributed by atoms with Gasteiger partial charge in [0, 0.05) is 0 Å². The lowest BCUT2D eigenvalue weighted by molar-refractivity contribution is -0.141. The van der Waals surface area contributed by atoms with E-state index in [0.29, 0.717) is 6.07 Å². The minimum atomic E-state index is -4.69. The summed E-state index contributed by atoms with van der Waals surface area (Å²) in [7, 11) is 0. The molecular weight excluding hydrogens is 393 g/mol. The predicted molar refractivity (Wildman–Crippen MR) is 106 cm³/mol. The van der Waals surface area contributed by atoms with Crippen molar-refractivity contribution in [2.75, 3.05) is 0 Å². The number of benzene rings is 2. The molecule has 1 aliphatic rings. The number of nitrogens with one attached hydrogen (secondary N) is 2. The molecule has 2 N–H and O–H groups in total. The molecular formula is C23H19F3N2O2. The summed E-state index contributed by atoms with van der Waals surface area (Å²) in [6.45, 7) is 0. The van der Waals surface area contributed by atoms with Crippen LogP contribution in [-0.2, 0) is 19.0 Å². The minimum Gasteiger partial charge on any atom is -0.341 e. The summed E-state index contributed by atoms with van der Waals surface area (Å²) >= 11 is 0. The minimum absolute atomic E-state index is 0.370. The molecule has 4 rings (SSSR count). The van der Waals surface area contributed by atoms with Crippen LogP contribution in [0.1, 0.15) is 50.8 Å². The van der Waals surface area contributed by atoms with Gasteiger partial charge >= 0.3 is 6.18 Å². The number of aryl methyl sites for hydroxylation is 2. The van der Waals surface area contributed by atoms with E-state index < -0.39 is 29.4 Å². The number of hydrogen-bond donors (Lipinski definition) is 2. The van der Waals surface area contributed by atoms with Gasteiger partial charge in [0.05, 0.1) is 6.04 Å². The fourth-order valence-corrected chi connectivity index (χ4v) is 3.80. The Balaban J connectivity index is 1.67. The van der Waals surface area contributed by atoms with Gasteiger partial charge in [-0.1, -0.05) is 48.5 Å². The van der Waals surface area contributed by atoms with Crippen molar-refractivity contribution in [3.05, 3.63) is 105 Å². The highest BCUT2D eigenvalue weighted by molar-refractivity contribution is 5.94. The fourth-order valence-electron chi connectivity index (χ4n) is 3.80. The van der Waals surface area contributed by atoms with Gasteiger partial charge in [-0.15, -0.1) is 0 Å². The first kappa shape index (κ1) is 19.9. The molecule has 0 radical (unpaired) electrons. The van der Waals surface area contributed by atoms with Crippen LogP contribution in [0, 0.1) is 0 Å². The Kier molecular flexibility index (Phi) is 5.20. The van der Waals surface area contributed by atoms with E-state index >= 15 is 0 Å². The fraction of sp³-hybridized carbons (Fsp3) is 0.217. The molecule has 30 heavy (non-hydrogen) atoms. The molecule has 154 valence electrons. The van der Waals surface area contributed by atoms with E-state index in [-0.39, 0.29) is 5.56 Å². The Morgan fingerprint density at radius 1 is 0.933 bits per heavy atom. The van der Waals surface area contributed by atoms with Crippen LogP contribution in [0.3, 0.4) is 0 Å². The average molecular weight is 412 g/mol. The number of amides is 1. The van der Waals surface area contributed by atoms with Crippen molar-refractivity contribution < 1.29 is 18.0 Å². The molecule has 0 saturated carbocycles. The lowest BCUT2D eigenvalue weighted by atomic mass is 9.95. The summed E-state index contributed by atoms with van der Waals surface area (Å²) in [5.41, 5.74) is 1.55. The zero-order valence-electron chi connectivity index (χ0n) is 15.9. The van der Waals surface area contributed by atoms with Crippen LogP contribution in [-0.4, -0.2) is 10.9 Å². The molecule has 1 heterocycles. The van der Waals surface area contributed by atoms with E-state index in [1.54, 1.807) is 4.98 Å². The van der Waals surface area contributed by atoms with E-state index in [1.807, 2.05) is 42.5 Å². The van der Waals surface area contributed by atoms with Gasteiger partial charge in [0.1, 0.15) is 11.3 Å². The second-order valence-electron chi connectivity index (χ2n) is 7.31. The van der Waals surface area contributed by atoms with E-state index in [2.05, 4.69) is 11.4 Å². The Morgan fingerprint density at radius 2 is 1.67 bits per heavy atom. The number of carbonyl (C=O) groups excluding carboxylic acids is 1. The first-order chi connectivity index (χ1) is 14.3. The van der Waals surface area contributed by atoms with Gasteiger partial charge in [-0.3, -0.25) is 9.59 Å². The second kappa shape index (κ2) is 7.82. The molecule has 1 aromatic heterocycles. The summed E-state index contributed by atoms with van der Waals surface area (Å²) in [5.74, 6) is -0.737. The van der Waals surface area contributed by atoms with Crippen LogP contribution in [0.2, 0.25) is 0 Å². The third-order valence-electron chi connectivity index (χ3n) is 5.32. The summed E-state index contributed by atoms with van der Waals surface area (Å²) < 4.78 is 38.4. The van der Waals surface area contributed by atoms with Crippen molar-refractivity contribution in [1.82, 2.24) is 10.3 Å². The maximum Gasteiger partial charge on any atom is 0.431 e. The number of rotatable bonds is 4. The first-order valence-electron chi connectivity index (χ1n) is 9.61. The molecule has 4 nitrogen and oxygen atoms in total. The van der Waals surface area contributed by atoms with Crippen LogP contribution in [0.5, 0.6) is 0 Å². The van der Waals surface area contributed by atoms with E-state index in [1.165, 1.54) is 11.1 Å². The highest BCUT2D eigenvalue weighted by Gasteiger charge is 2.32. The second-order valence-corrected chi connectivity index (χ2v) is 7.31. The normalized spacial score (nSPS) is 14.2. The first-order valence-corrected chi connectivity index (χ1v) is 9.61.